The van der Waals surface area contributed by atoms with Crippen molar-refractivity contribution >= 4 is 5.91 Å². The van der Waals surface area contributed by atoms with Crippen LogP contribution in [0.4, 0.5) is 0 Å². The molecule has 0 radical (unpaired) electrons. The van der Waals surface area contributed by atoms with Gasteiger partial charge < -0.3 is 24.3 Å². The largest absolute Gasteiger partial charge is 0.497 e. The van der Waals surface area contributed by atoms with Crippen molar-refractivity contribution in [3.8, 4) is 11.5 Å². The van der Waals surface area contributed by atoms with E-state index in [0.29, 0.717) is 24.0 Å². The van der Waals surface area contributed by atoms with Crippen molar-refractivity contribution in [3.05, 3.63) is 41.0 Å². The number of nitrogens with zero attached hydrogens (tertiary/aromatic N) is 3. The first-order valence-electron chi connectivity index (χ1n) is 9.67. The highest BCUT2D eigenvalue weighted by Gasteiger charge is 2.25. The first kappa shape index (κ1) is 20.2. The molecule has 152 valence electrons. The third-order valence-electron chi connectivity index (χ3n) is 5.52. The maximum Gasteiger partial charge on any atom is 0.272 e. The molecule has 1 aliphatic heterocycles. The predicted molar refractivity (Wildman–Crippen MR) is 108 cm³/mol. The summed E-state index contributed by atoms with van der Waals surface area (Å²) in [6.07, 6.45) is 2.16. The topological polar surface area (TPSA) is 68.6 Å². The number of methoxy groups -OCH3 is 2. The Labute approximate surface area is 166 Å². The molecule has 2 heterocycles. The van der Waals surface area contributed by atoms with Gasteiger partial charge in [-0.1, -0.05) is 0 Å². The van der Waals surface area contributed by atoms with Crippen molar-refractivity contribution in [1.82, 2.24) is 19.8 Å². The SMILES string of the molecule is COc1ccc(OC)c(CNC(=O)c2nc(C)n(C3CCN(C)CC3)c2C)c1. The van der Waals surface area contributed by atoms with E-state index in [1.807, 2.05) is 32.0 Å². The Hall–Kier alpha value is -2.54. The Kier molecular flexibility index (Phi) is 6.24. The van der Waals surface area contributed by atoms with Crippen LogP contribution in [-0.4, -0.2) is 54.7 Å². The number of imidazole rings is 1. The Morgan fingerprint density at radius 2 is 1.93 bits per heavy atom. The molecule has 1 aromatic heterocycles. The van der Waals surface area contributed by atoms with E-state index in [4.69, 9.17) is 9.47 Å². The number of rotatable bonds is 6. The number of carbonyl (C=O) groups excluding carboxylic acids is 1. The van der Waals surface area contributed by atoms with Crippen molar-refractivity contribution < 1.29 is 14.3 Å². The van der Waals surface area contributed by atoms with Gasteiger partial charge in [0.1, 0.15) is 23.0 Å². The molecule has 1 saturated heterocycles. The number of benzene rings is 1. The molecule has 1 aliphatic rings. The molecule has 7 nitrogen and oxygen atoms in total. The van der Waals surface area contributed by atoms with Crippen molar-refractivity contribution in [2.24, 2.45) is 0 Å². The molecule has 0 bridgehead atoms. The first-order chi connectivity index (χ1) is 13.4. The second kappa shape index (κ2) is 8.65. The third-order valence-corrected chi connectivity index (χ3v) is 5.52. The highest BCUT2D eigenvalue weighted by molar-refractivity contribution is 5.93. The van der Waals surface area contributed by atoms with Crippen LogP contribution in [0.5, 0.6) is 11.5 Å². The van der Waals surface area contributed by atoms with Crippen LogP contribution in [-0.2, 0) is 6.54 Å². The first-order valence-corrected chi connectivity index (χ1v) is 9.67. The minimum atomic E-state index is -0.169. The van der Waals surface area contributed by atoms with Gasteiger partial charge in [-0.05, 0) is 65.0 Å². The molecule has 0 spiro atoms. The minimum Gasteiger partial charge on any atom is -0.497 e. The number of ether oxygens (including phenoxy) is 2. The van der Waals surface area contributed by atoms with Crippen molar-refractivity contribution in [1.29, 1.82) is 0 Å². The van der Waals surface area contributed by atoms with Crippen molar-refractivity contribution in [2.45, 2.75) is 39.3 Å². The van der Waals surface area contributed by atoms with Gasteiger partial charge in [-0.15, -0.1) is 0 Å². The lowest BCUT2D eigenvalue weighted by molar-refractivity contribution is 0.0945. The van der Waals surface area contributed by atoms with Gasteiger partial charge in [0.2, 0.25) is 0 Å². The number of hydrogen-bond acceptors (Lipinski definition) is 5. The quantitative estimate of drug-likeness (QED) is 0.827. The fraction of sp³-hybridized carbons (Fsp3) is 0.524. The predicted octanol–water partition coefficient (Wildman–Crippen LogP) is 2.71. The molecular weight excluding hydrogens is 356 g/mol. The molecule has 0 unspecified atom stereocenters. The zero-order valence-corrected chi connectivity index (χ0v) is 17.4. The molecule has 28 heavy (non-hydrogen) atoms. The van der Waals surface area contributed by atoms with Crippen LogP contribution < -0.4 is 14.8 Å². The molecule has 3 rings (SSSR count). The maximum atomic E-state index is 12.8. The Morgan fingerprint density at radius 3 is 2.57 bits per heavy atom. The molecule has 0 saturated carbocycles. The standard InChI is InChI=1S/C21H30N4O3/c1-14-20(23-15(2)25(14)17-8-10-24(3)11-9-17)21(26)22-13-16-12-18(27-4)6-7-19(16)28-5/h6-7,12,17H,8-11,13H2,1-5H3,(H,22,26). The zero-order valence-electron chi connectivity index (χ0n) is 17.4. The zero-order chi connectivity index (χ0) is 20.3. The highest BCUT2D eigenvalue weighted by atomic mass is 16.5. The molecule has 1 N–H and O–H groups in total. The molecule has 1 amide bonds. The Balaban J connectivity index is 1.74. The number of carbonyl (C=O) groups is 1. The van der Waals surface area contributed by atoms with E-state index in [2.05, 4.69) is 26.8 Å². The average molecular weight is 386 g/mol. The summed E-state index contributed by atoms with van der Waals surface area (Å²) in [6, 6.07) is 5.95. The summed E-state index contributed by atoms with van der Waals surface area (Å²) < 4.78 is 12.9. The molecule has 0 aliphatic carbocycles. The summed E-state index contributed by atoms with van der Waals surface area (Å²) in [5, 5.41) is 2.97. The lowest BCUT2D eigenvalue weighted by Crippen LogP contribution is -2.32. The van der Waals surface area contributed by atoms with Gasteiger partial charge in [0.05, 0.1) is 14.2 Å². The fourth-order valence-corrected chi connectivity index (χ4v) is 3.94. The Morgan fingerprint density at radius 1 is 1.21 bits per heavy atom. The molecular formula is C21H30N4O3. The summed E-state index contributed by atoms with van der Waals surface area (Å²) in [4.78, 5) is 19.7. The van der Waals surface area contributed by atoms with E-state index in [1.165, 1.54) is 0 Å². The van der Waals surface area contributed by atoms with Gasteiger partial charge in [-0.3, -0.25) is 4.79 Å². The number of aryl methyl sites for hydroxylation is 1. The number of nitrogens with one attached hydrogen (secondary N) is 1. The van der Waals surface area contributed by atoms with E-state index in [9.17, 15) is 4.79 Å². The van der Waals surface area contributed by atoms with Crippen LogP contribution >= 0.6 is 0 Å². The number of piperidine rings is 1. The van der Waals surface area contributed by atoms with Crippen LogP contribution in [0.1, 0.15) is 46.5 Å². The van der Waals surface area contributed by atoms with Crippen LogP contribution in [0.2, 0.25) is 0 Å². The molecule has 2 aromatic rings. The lowest BCUT2D eigenvalue weighted by atomic mass is 10.0. The van der Waals surface area contributed by atoms with Gasteiger partial charge in [0, 0.05) is 23.8 Å². The average Bonchev–Trinajstić information content (AvgIpc) is 3.00. The van der Waals surface area contributed by atoms with Crippen molar-refractivity contribution in [3.63, 3.8) is 0 Å². The van der Waals surface area contributed by atoms with E-state index >= 15 is 0 Å². The van der Waals surface area contributed by atoms with Crippen molar-refractivity contribution in [2.75, 3.05) is 34.4 Å². The monoisotopic (exact) mass is 386 g/mol. The van der Waals surface area contributed by atoms with Crippen LogP contribution in [0.15, 0.2) is 18.2 Å². The molecule has 0 atom stereocenters. The minimum absolute atomic E-state index is 0.169. The van der Waals surface area contributed by atoms with Gasteiger partial charge in [0.15, 0.2) is 0 Å². The second-order valence-electron chi connectivity index (χ2n) is 7.36. The second-order valence-corrected chi connectivity index (χ2v) is 7.36. The Bertz CT molecular complexity index is 838. The van der Waals surface area contributed by atoms with Crippen LogP contribution in [0.25, 0.3) is 0 Å². The van der Waals surface area contributed by atoms with E-state index in [-0.39, 0.29) is 5.91 Å². The van der Waals surface area contributed by atoms with Gasteiger partial charge >= 0.3 is 0 Å². The smallest absolute Gasteiger partial charge is 0.272 e. The highest BCUT2D eigenvalue weighted by Crippen LogP contribution is 2.27. The van der Waals surface area contributed by atoms with Crippen LogP contribution in [0, 0.1) is 13.8 Å². The number of amides is 1. The van der Waals surface area contributed by atoms with Crippen LogP contribution in [0.3, 0.4) is 0 Å². The van der Waals surface area contributed by atoms with E-state index in [0.717, 1.165) is 48.8 Å². The summed E-state index contributed by atoms with van der Waals surface area (Å²) >= 11 is 0. The summed E-state index contributed by atoms with van der Waals surface area (Å²) in [7, 11) is 5.38. The molecule has 1 aromatic carbocycles. The normalized spacial score (nSPS) is 15.5. The molecule has 7 heteroatoms. The summed E-state index contributed by atoms with van der Waals surface area (Å²) in [5.41, 5.74) is 2.29. The number of likely N-dealkylation sites (tertiary alicyclic amines) is 1. The van der Waals surface area contributed by atoms with Gasteiger partial charge in [0.25, 0.3) is 5.91 Å². The fourth-order valence-electron chi connectivity index (χ4n) is 3.94. The number of aromatic nitrogens is 2. The summed E-state index contributed by atoms with van der Waals surface area (Å²) in [5.74, 6) is 2.17. The third kappa shape index (κ3) is 4.14. The van der Waals surface area contributed by atoms with E-state index in [1.54, 1.807) is 14.2 Å². The molecule has 1 fully saturated rings. The maximum absolute atomic E-state index is 12.8. The summed E-state index contributed by atoms with van der Waals surface area (Å²) in [6.45, 7) is 6.45. The number of hydrogen-bond donors (Lipinski definition) is 1. The van der Waals surface area contributed by atoms with E-state index < -0.39 is 0 Å². The lowest BCUT2D eigenvalue weighted by Gasteiger charge is -2.31. The van der Waals surface area contributed by atoms with Gasteiger partial charge in [-0.2, -0.15) is 0 Å². The van der Waals surface area contributed by atoms with Gasteiger partial charge in [-0.25, -0.2) is 4.98 Å².